The predicted molar refractivity (Wildman–Crippen MR) is 100 cm³/mol. The lowest BCUT2D eigenvalue weighted by atomic mass is 9.96. The molecule has 2 aromatic rings. The van der Waals surface area contributed by atoms with Crippen molar-refractivity contribution < 1.29 is 14.3 Å². The third-order valence-corrected chi connectivity index (χ3v) is 4.60. The number of fused-ring (bicyclic) bond motifs is 1. The molecular weight excluding hydrogens is 346 g/mol. The van der Waals surface area contributed by atoms with Crippen molar-refractivity contribution >= 4 is 17.6 Å². The van der Waals surface area contributed by atoms with Gasteiger partial charge in [0.05, 0.1) is 6.04 Å². The van der Waals surface area contributed by atoms with Crippen LogP contribution in [0.4, 0.5) is 4.79 Å². The average molecular weight is 373 g/mol. The SMILES string of the molecule is CC(NC(=O)C1CCN(C(=O)OC(C)(C)C)CC1)c1nnc2ccccn12. The van der Waals surface area contributed by atoms with E-state index in [0.717, 1.165) is 5.65 Å². The minimum absolute atomic E-state index is 0.0148. The molecule has 1 unspecified atom stereocenters. The van der Waals surface area contributed by atoms with Crippen LogP contribution in [-0.4, -0.2) is 50.2 Å². The van der Waals surface area contributed by atoms with Gasteiger partial charge >= 0.3 is 6.09 Å². The van der Waals surface area contributed by atoms with Gasteiger partial charge in [-0.1, -0.05) is 6.07 Å². The van der Waals surface area contributed by atoms with Crippen molar-refractivity contribution in [2.24, 2.45) is 5.92 Å². The first-order valence-corrected chi connectivity index (χ1v) is 9.32. The Bertz CT molecular complexity index is 818. The molecule has 3 heterocycles. The van der Waals surface area contributed by atoms with Crippen molar-refractivity contribution in [1.82, 2.24) is 24.8 Å². The normalized spacial score (nSPS) is 17.0. The van der Waals surface area contributed by atoms with Crippen molar-refractivity contribution in [2.45, 2.75) is 52.2 Å². The lowest BCUT2D eigenvalue weighted by Gasteiger charge is -2.33. The summed E-state index contributed by atoms with van der Waals surface area (Å²) in [6.07, 6.45) is 2.81. The Kier molecular flexibility index (Phi) is 5.34. The number of ether oxygens (including phenoxy) is 1. The zero-order valence-corrected chi connectivity index (χ0v) is 16.3. The van der Waals surface area contributed by atoms with Crippen LogP contribution in [0.3, 0.4) is 0 Å². The number of amides is 2. The number of hydrogen-bond acceptors (Lipinski definition) is 5. The van der Waals surface area contributed by atoms with Crippen LogP contribution < -0.4 is 5.32 Å². The van der Waals surface area contributed by atoms with Crippen LogP contribution >= 0.6 is 0 Å². The number of likely N-dealkylation sites (tertiary alicyclic amines) is 1. The molecule has 1 fully saturated rings. The Labute approximate surface area is 158 Å². The largest absolute Gasteiger partial charge is 0.444 e. The van der Waals surface area contributed by atoms with Gasteiger partial charge in [-0.3, -0.25) is 9.20 Å². The van der Waals surface area contributed by atoms with Gasteiger partial charge in [0.1, 0.15) is 5.60 Å². The van der Waals surface area contributed by atoms with Gasteiger partial charge in [0, 0.05) is 25.2 Å². The molecule has 0 aliphatic carbocycles. The summed E-state index contributed by atoms with van der Waals surface area (Å²) >= 11 is 0. The van der Waals surface area contributed by atoms with Crippen LogP contribution in [-0.2, 0) is 9.53 Å². The van der Waals surface area contributed by atoms with E-state index in [1.165, 1.54) is 0 Å². The Morgan fingerprint density at radius 2 is 1.93 bits per heavy atom. The summed E-state index contributed by atoms with van der Waals surface area (Å²) in [6, 6.07) is 5.42. The van der Waals surface area contributed by atoms with E-state index in [4.69, 9.17) is 4.74 Å². The summed E-state index contributed by atoms with van der Waals surface area (Å²) in [7, 11) is 0. The molecular formula is C19H27N5O3. The fourth-order valence-corrected chi connectivity index (χ4v) is 3.20. The van der Waals surface area contributed by atoms with Crippen molar-refractivity contribution in [1.29, 1.82) is 0 Å². The van der Waals surface area contributed by atoms with Crippen LogP contribution in [0, 0.1) is 5.92 Å². The molecule has 0 radical (unpaired) electrons. The molecule has 0 saturated carbocycles. The number of piperidine rings is 1. The Morgan fingerprint density at radius 1 is 1.22 bits per heavy atom. The molecule has 3 rings (SSSR count). The molecule has 146 valence electrons. The van der Waals surface area contributed by atoms with Crippen LogP contribution in [0.5, 0.6) is 0 Å². The van der Waals surface area contributed by atoms with Crippen LogP contribution in [0.25, 0.3) is 5.65 Å². The fourth-order valence-electron chi connectivity index (χ4n) is 3.20. The van der Waals surface area contributed by atoms with Crippen molar-refractivity contribution in [3.8, 4) is 0 Å². The zero-order chi connectivity index (χ0) is 19.6. The van der Waals surface area contributed by atoms with E-state index in [2.05, 4.69) is 15.5 Å². The van der Waals surface area contributed by atoms with E-state index in [0.29, 0.717) is 31.8 Å². The summed E-state index contributed by atoms with van der Waals surface area (Å²) in [6.45, 7) is 8.49. The minimum atomic E-state index is -0.512. The second-order valence-electron chi connectivity index (χ2n) is 7.96. The van der Waals surface area contributed by atoms with Gasteiger partial charge in [0.15, 0.2) is 11.5 Å². The Balaban J connectivity index is 1.54. The van der Waals surface area contributed by atoms with E-state index >= 15 is 0 Å². The molecule has 1 N–H and O–H groups in total. The lowest BCUT2D eigenvalue weighted by molar-refractivity contribution is -0.127. The van der Waals surface area contributed by atoms with E-state index in [9.17, 15) is 9.59 Å². The lowest BCUT2D eigenvalue weighted by Crippen LogP contribution is -2.45. The molecule has 1 saturated heterocycles. The quantitative estimate of drug-likeness (QED) is 0.893. The molecule has 0 spiro atoms. The number of pyridine rings is 1. The predicted octanol–water partition coefficient (Wildman–Crippen LogP) is 2.55. The maximum absolute atomic E-state index is 12.6. The van der Waals surface area contributed by atoms with Crippen LogP contribution in [0.1, 0.15) is 52.4 Å². The molecule has 8 nitrogen and oxygen atoms in total. The summed E-state index contributed by atoms with van der Waals surface area (Å²) in [5.74, 6) is 0.564. The van der Waals surface area contributed by atoms with Gasteiger partial charge in [-0.2, -0.15) is 0 Å². The van der Waals surface area contributed by atoms with Crippen LogP contribution in [0.2, 0.25) is 0 Å². The van der Waals surface area contributed by atoms with Gasteiger partial charge in [0.25, 0.3) is 0 Å². The summed E-state index contributed by atoms with van der Waals surface area (Å²) < 4.78 is 7.27. The number of carbonyl (C=O) groups excluding carboxylic acids is 2. The fraction of sp³-hybridized carbons (Fsp3) is 0.579. The number of nitrogens with one attached hydrogen (secondary N) is 1. The second-order valence-corrected chi connectivity index (χ2v) is 7.96. The molecule has 0 aromatic carbocycles. The Morgan fingerprint density at radius 3 is 2.59 bits per heavy atom. The average Bonchev–Trinajstić information content (AvgIpc) is 3.04. The summed E-state index contributed by atoms with van der Waals surface area (Å²) in [4.78, 5) is 26.4. The molecule has 1 aliphatic heterocycles. The summed E-state index contributed by atoms with van der Waals surface area (Å²) in [5, 5.41) is 11.3. The molecule has 8 heteroatoms. The maximum Gasteiger partial charge on any atom is 0.410 e. The summed E-state index contributed by atoms with van der Waals surface area (Å²) in [5.41, 5.74) is 0.237. The molecule has 0 bridgehead atoms. The molecule has 1 atom stereocenters. The first kappa shape index (κ1) is 19.1. The number of carbonyl (C=O) groups is 2. The third kappa shape index (κ3) is 4.56. The number of aromatic nitrogens is 3. The first-order valence-electron chi connectivity index (χ1n) is 9.32. The Hall–Kier alpha value is -2.64. The highest BCUT2D eigenvalue weighted by Gasteiger charge is 2.30. The van der Waals surface area contributed by atoms with E-state index in [1.807, 2.05) is 56.5 Å². The minimum Gasteiger partial charge on any atom is -0.444 e. The van der Waals surface area contributed by atoms with Gasteiger partial charge in [-0.25, -0.2) is 4.79 Å². The number of nitrogens with zero attached hydrogens (tertiary/aromatic N) is 4. The monoisotopic (exact) mass is 373 g/mol. The zero-order valence-electron chi connectivity index (χ0n) is 16.3. The van der Waals surface area contributed by atoms with Crippen molar-refractivity contribution in [3.63, 3.8) is 0 Å². The topological polar surface area (TPSA) is 88.8 Å². The third-order valence-electron chi connectivity index (χ3n) is 4.60. The van der Waals surface area contributed by atoms with Crippen LogP contribution in [0.15, 0.2) is 24.4 Å². The van der Waals surface area contributed by atoms with Gasteiger partial charge < -0.3 is 15.0 Å². The molecule has 27 heavy (non-hydrogen) atoms. The van der Waals surface area contributed by atoms with Crippen molar-refractivity contribution in [2.75, 3.05) is 13.1 Å². The second kappa shape index (κ2) is 7.54. The standard InChI is InChI=1S/C19H27N5O3/c1-13(16-22-21-15-7-5-6-10-24(15)16)20-17(25)14-8-11-23(12-9-14)18(26)27-19(2,3)4/h5-7,10,13-14H,8-9,11-12H2,1-4H3,(H,20,25). The highest BCUT2D eigenvalue weighted by molar-refractivity contribution is 5.79. The number of hydrogen-bond donors (Lipinski definition) is 1. The van der Waals surface area contributed by atoms with E-state index < -0.39 is 5.60 Å². The van der Waals surface area contributed by atoms with Gasteiger partial charge in [-0.15, -0.1) is 10.2 Å². The highest BCUT2D eigenvalue weighted by Crippen LogP contribution is 2.21. The molecule has 2 amide bonds. The first-order chi connectivity index (χ1) is 12.7. The van der Waals surface area contributed by atoms with E-state index in [-0.39, 0.29) is 24.0 Å². The van der Waals surface area contributed by atoms with Gasteiger partial charge in [-0.05, 0) is 52.7 Å². The number of rotatable bonds is 3. The maximum atomic E-state index is 12.6. The smallest absolute Gasteiger partial charge is 0.410 e. The van der Waals surface area contributed by atoms with Gasteiger partial charge in [0.2, 0.25) is 5.91 Å². The van der Waals surface area contributed by atoms with Crippen molar-refractivity contribution in [3.05, 3.63) is 30.2 Å². The van der Waals surface area contributed by atoms with E-state index in [1.54, 1.807) is 4.90 Å². The molecule has 2 aromatic heterocycles. The highest BCUT2D eigenvalue weighted by atomic mass is 16.6. The molecule has 1 aliphatic rings.